The highest BCUT2D eigenvalue weighted by Crippen LogP contribution is 2.19. The standard InChI is InChI=1S/C10H8N4O3S/c1-17-10(16)7-9(18-14-13-7)12-8(15)6-3-2-4-11-5-6/h2-5H,1H3,(H,12,15). The number of nitrogens with one attached hydrogen (secondary N) is 1. The number of anilines is 1. The molecule has 0 saturated carbocycles. The van der Waals surface area contributed by atoms with Crippen LogP contribution in [0.15, 0.2) is 24.5 Å². The first-order valence-electron chi connectivity index (χ1n) is 4.84. The Morgan fingerprint density at radius 3 is 2.94 bits per heavy atom. The van der Waals surface area contributed by atoms with Crippen LogP contribution >= 0.6 is 11.5 Å². The zero-order chi connectivity index (χ0) is 13.0. The van der Waals surface area contributed by atoms with Gasteiger partial charge in [-0.3, -0.25) is 9.78 Å². The molecule has 2 rings (SSSR count). The highest BCUT2D eigenvalue weighted by atomic mass is 32.1. The zero-order valence-corrected chi connectivity index (χ0v) is 10.1. The van der Waals surface area contributed by atoms with Crippen molar-refractivity contribution in [1.29, 1.82) is 0 Å². The average Bonchev–Trinajstić information content (AvgIpc) is 2.87. The van der Waals surface area contributed by atoms with E-state index in [4.69, 9.17) is 0 Å². The molecule has 0 fully saturated rings. The number of rotatable bonds is 3. The topological polar surface area (TPSA) is 94.1 Å². The van der Waals surface area contributed by atoms with Gasteiger partial charge < -0.3 is 10.1 Å². The second kappa shape index (κ2) is 5.32. The summed E-state index contributed by atoms with van der Waals surface area (Å²) >= 11 is 0.902. The first-order valence-corrected chi connectivity index (χ1v) is 5.61. The van der Waals surface area contributed by atoms with Crippen LogP contribution in [0, 0.1) is 0 Å². The summed E-state index contributed by atoms with van der Waals surface area (Å²) in [7, 11) is 1.23. The molecule has 2 aromatic rings. The molecule has 0 radical (unpaired) electrons. The smallest absolute Gasteiger partial charge is 0.361 e. The van der Waals surface area contributed by atoms with Crippen molar-refractivity contribution in [2.24, 2.45) is 0 Å². The molecule has 0 bridgehead atoms. The number of carbonyl (C=O) groups excluding carboxylic acids is 2. The number of esters is 1. The molecule has 1 N–H and O–H groups in total. The van der Waals surface area contributed by atoms with Crippen LogP contribution in [-0.4, -0.2) is 33.6 Å². The number of aromatic nitrogens is 3. The molecule has 2 heterocycles. The maximum absolute atomic E-state index is 11.8. The van der Waals surface area contributed by atoms with Gasteiger partial charge in [-0.25, -0.2) is 4.79 Å². The van der Waals surface area contributed by atoms with Crippen molar-refractivity contribution in [1.82, 2.24) is 14.6 Å². The third-order valence-electron chi connectivity index (χ3n) is 2.02. The fourth-order valence-electron chi connectivity index (χ4n) is 1.18. The van der Waals surface area contributed by atoms with E-state index in [1.165, 1.54) is 13.3 Å². The van der Waals surface area contributed by atoms with E-state index >= 15 is 0 Å². The Hall–Kier alpha value is -2.35. The summed E-state index contributed by atoms with van der Waals surface area (Å²) < 4.78 is 8.12. The summed E-state index contributed by atoms with van der Waals surface area (Å²) in [6.45, 7) is 0. The lowest BCUT2D eigenvalue weighted by Crippen LogP contribution is -2.14. The van der Waals surface area contributed by atoms with E-state index in [0.717, 1.165) is 11.5 Å². The van der Waals surface area contributed by atoms with Gasteiger partial charge in [0, 0.05) is 23.9 Å². The van der Waals surface area contributed by atoms with Crippen molar-refractivity contribution >= 4 is 28.4 Å². The Morgan fingerprint density at radius 1 is 1.44 bits per heavy atom. The number of nitrogens with zero attached hydrogens (tertiary/aromatic N) is 3. The number of hydrogen-bond acceptors (Lipinski definition) is 7. The Bertz CT molecular complexity index is 570. The van der Waals surface area contributed by atoms with Crippen molar-refractivity contribution in [3.8, 4) is 0 Å². The van der Waals surface area contributed by atoms with Crippen LogP contribution in [0.4, 0.5) is 5.00 Å². The molecule has 92 valence electrons. The molecule has 0 aliphatic heterocycles. The first-order chi connectivity index (χ1) is 8.72. The summed E-state index contributed by atoms with van der Waals surface area (Å²) in [4.78, 5) is 27.0. The molecule has 18 heavy (non-hydrogen) atoms. The lowest BCUT2D eigenvalue weighted by molar-refractivity contribution is 0.0595. The molecular weight excluding hydrogens is 256 g/mol. The van der Waals surface area contributed by atoms with Gasteiger partial charge in [0.1, 0.15) is 0 Å². The summed E-state index contributed by atoms with van der Waals surface area (Å²) in [5, 5.41) is 6.38. The summed E-state index contributed by atoms with van der Waals surface area (Å²) in [6, 6.07) is 3.25. The Labute approximate surface area is 106 Å². The Balaban J connectivity index is 2.18. The molecule has 0 atom stereocenters. The van der Waals surface area contributed by atoms with Gasteiger partial charge in [-0.1, -0.05) is 4.49 Å². The fourth-order valence-corrected chi connectivity index (χ4v) is 1.73. The predicted octanol–water partition coefficient (Wildman–Crippen LogP) is 0.972. The minimum atomic E-state index is -0.648. The molecular formula is C10H8N4O3S. The lowest BCUT2D eigenvalue weighted by Gasteiger charge is -2.02. The van der Waals surface area contributed by atoms with Crippen molar-refractivity contribution in [2.75, 3.05) is 12.4 Å². The predicted molar refractivity (Wildman–Crippen MR) is 63.4 cm³/mol. The normalized spacial score (nSPS) is 9.83. The van der Waals surface area contributed by atoms with Crippen LogP contribution in [0.1, 0.15) is 20.8 Å². The summed E-state index contributed by atoms with van der Waals surface area (Å²) in [5.74, 6) is -1.04. The molecule has 0 saturated heterocycles. The highest BCUT2D eigenvalue weighted by Gasteiger charge is 2.19. The highest BCUT2D eigenvalue weighted by molar-refractivity contribution is 7.10. The maximum atomic E-state index is 11.8. The van der Waals surface area contributed by atoms with Gasteiger partial charge in [-0.15, -0.1) is 5.10 Å². The summed E-state index contributed by atoms with van der Waals surface area (Å²) in [5.41, 5.74) is 0.362. The largest absolute Gasteiger partial charge is 0.464 e. The van der Waals surface area contributed by atoms with Crippen LogP contribution in [0.2, 0.25) is 0 Å². The Morgan fingerprint density at radius 2 is 2.28 bits per heavy atom. The zero-order valence-electron chi connectivity index (χ0n) is 9.28. The SMILES string of the molecule is COC(=O)c1nnsc1NC(=O)c1cccnc1. The van der Waals surface area contributed by atoms with Crippen molar-refractivity contribution in [3.63, 3.8) is 0 Å². The van der Waals surface area contributed by atoms with Gasteiger partial charge in [-0.05, 0) is 12.1 Å². The van der Waals surface area contributed by atoms with Gasteiger partial charge in [-0.2, -0.15) is 0 Å². The number of carbonyl (C=O) groups is 2. The first kappa shape index (κ1) is 12.1. The molecule has 2 aromatic heterocycles. The van der Waals surface area contributed by atoms with E-state index in [1.54, 1.807) is 18.3 Å². The molecule has 7 nitrogen and oxygen atoms in total. The van der Waals surface area contributed by atoms with Gasteiger partial charge in [0.15, 0.2) is 5.00 Å². The van der Waals surface area contributed by atoms with E-state index in [1.807, 2.05) is 0 Å². The number of ether oxygens (including phenoxy) is 1. The van der Waals surface area contributed by atoms with E-state index in [0.29, 0.717) is 5.56 Å². The fraction of sp³-hybridized carbons (Fsp3) is 0.100. The molecule has 0 unspecified atom stereocenters. The second-order valence-electron chi connectivity index (χ2n) is 3.14. The number of pyridine rings is 1. The third-order valence-corrected chi connectivity index (χ3v) is 2.66. The van der Waals surface area contributed by atoms with Crippen LogP contribution in [0.3, 0.4) is 0 Å². The quantitative estimate of drug-likeness (QED) is 0.830. The number of amides is 1. The van der Waals surface area contributed by atoms with E-state index in [2.05, 4.69) is 24.6 Å². The van der Waals surface area contributed by atoms with Gasteiger partial charge in [0.2, 0.25) is 5.69 Å². The number of hydrogen-bond donors (Lipinski definition) is 1. The Kier molecular flexibility index (Phi) is 3.58. The molecule has 1 amide bonds. The van der Waals surface area contributed by atoms with Crippen LogP contribution in [0.25, 0.3) is 0 Å². The van der Waals surface area contributed by atoms with Crippen LogP contribution in [-0.2, 0) is 4.74 Å². The molecule has 0 aliphatic rings. The summed E-state index contributed by atoms with van der Waals surface area (Å²) in [6.07, 6.45) is 2.98. The van der Waals surface area contributed by atoms with Crippen LogP contribution < -0.4 is 5.32 Å². The van der Waals surface area contributed by atoms with Crippen LogP contribution in [0.5, 0.6) is 0 Å². The second-order valence-corrected chi connectivity index (χ2v) is 3.89. The maximum Gasteiger partial charge on any atom is 0.361 e. The van der Waals surface area contributed by atoms with E-state index < -0.39 is 5.97 Å². The molecule has 0 spiro atoms. The van der Waals surface area contributed by atoms with Gasteiger partial charge in [0.05, 0.1) is 12.7 Å². The van der Waals surface area contributed by atoms with Gasteiger partial charge in [0.25, 0.3) is 5.91 Å². The minimum absolute atomic E-state index is 0.0141. The molecule has 0 aliphatic carbocycles. The van der Waals surface area contributed by atoms with Crippen molar-refractivity contribution in [3.05, 3.63) is 35.8 Å². The number of methoxy groups -OCH3 is 1. The third kappa shape index (κ3) is 2.48. The van der Waals surface area contributed by atoms with Crippen molar-refractivity contribution in [2.45, 2.75) is 0 Å². The molecule has 8 heteroatoms. The van der Waals surface area contributed by atoms with Gasteiger partial charge >= 0.3 is 5.97 Å². The monoisotopic (exact) mass is 264 g/mol. The lowest BCUT2D eigenvalue weighted by atomic mass is 10.3. The van der Waals surface area contributed by atoms with E-state index in [9.17, 15) is 9.59 Å². The molecule has 0 aromatic carbocycles. The van der Waals surface area contributed by atoms with Crippen molar-refractivity contribution < 1.29 is 14.3 Å². The average molecular weight is 264 g/mol. The minimum Gasteiger partial charge on any atom is -0.464 e. The van der Waals surface area contributed by atoms with E-state index in [-0.39, 0.29) is 16.6 Å².